The highest BCUT2D eigenvalue weighted by Crippen LogP contribution is 2.17. The topological polar surface area (TPSA) is 75.9 Å². The minimum Gasteiger partial charge on any atom is -0.476 e. The molecule has 0 saturated carbocycles. The number of ether oxygens (including phenoxy) is 1. The molecule has 0 unspecified atom stereocenters. The Bertz CT molecular complexity index is 580. The fraction of sp³-hybridized carbons (Fsp3) is 0.429. The van der Waals surface area contributed by atoms with Crippen LogP contribution in [0.25, 0.3) is 5.65 Å². The molecular formula is C14H19N3O3. The summed E-state index contributed by atoms with van der Waals surface area (Å²) in [4.78, 5) is 15.7. The fourth-order valence-corrected chi connectivity index (χ4v) is 2.08. The molecule has 0 saturated heterocycles. The van der Waals surface area contributed by atoms with Crippen molar-refractivity contribution in [3.63, 3.8) is 0 Å². The van der Waals surface area contributed by atoms with Crippen LogP contribution in [0, 0.1) is 0 Å². The van der Waals surface area contributed by atoms with Gasteiger partial charge in [0.2, 0.25) is 0 Å². The number of rotatable bonds is 8. The number of unbranched alkanes of at least 4 members (excludes halogenated alkanes) is 2. The van der Waals surface area contributed by atoms with E-state index in [-0.39, 0.29) is 5.69 Å². The van der Waals surface area contributed by atoms with Gasteiger partial charge in [0.15, 0.2) is 11.5 Å². The Hall–Kier alpha value is -2.08. The maximum Gasteiger partial charge on any atom is 0.356 e. The number of aromatic carboxylic acids is 1. The molecule has 6 nitrogen and oxygen atoms in total. The van der Waals surface area contributed by atoms with E-state index < -0.39 is 5.97 Å². The maximum absolute atomic E-state index is 11.4. The van der Waals surface area contributed by atoms with E-state index in [1.807, 2.05) is 6.07 Å². The van der Waals surface area contributed by atoms with Crippen LogP contribution in [0.5, 0.6) is 0 Å². The summed E-state index contributed by atoms with van der Waals surface area (Å²) in [6.45, 7) is 1.46. The normalized spacial score (nSPS) is 10.8. The zero-order valence-corrected chi connectivity index (χ0v) is 11.5. The minimum atomic E-state index is -0.981. The van der Waals surface area contributed by atoms with Gasteiger partial charge in [-0.15, -0.1) is 0 Å². The molecule has 20 heavy (non-hydrogen) atoms. The molecule has 0 amide bonds. The number of fused-ring (bicyclic) bond motifs is 1. The predicted octanol–water partition coefficient (Wildman–Crippen LogP) is 2.26. The predicted molar refractivity (Wildman–Crippen MR) is 76.4 cm³/mol. The molecule has 0 spiro atoms. The van der Waals surface area contributed by atoms with Gasteiger partial charge in [0.25, 0.3) is 0 Å². The quantitative estimate of drug-likeness (QED) is 0.724. The van der Waals surface area contributed by atoms with Crippen molar-refractivity contribution >= 4 is 17.4 Å². The summed E-state index contributed by atoms with van der Waals surface area (Å²) in [6, 6.07) is 5.41. The van der Waals surface area contributed by atoms with Crippen LogP contribution in [-0.2, 0) is 4.74 Å². The van der Waals surface area contributed by atoms with Crippen molar-refractivity contribution in [2.45, 2.75) is 19.3 Å². The Morgan fingerprint density at radius 2 is 2.25 bits per heavy atom. The molecule has 2 aromatic rings. The highest BCUT2D eigenvalue weighted by Gasteiger charge is 2.17. The molecule has 0 aliphatic carbocycles. The van der Waals surface area contributed by atoms with Gasteiger partial charge >= 0.3 is 5.97 Å². The molecule has 0 aliphatic rings. The number of carbonyl (C=O) groups is 1. The number of carboxylic acid groups (broad SMARTS) is 1. The van der Waals surface area contributed by atoms with Crippen molar-refractivity contribution in [3.8, 4) is 0 Å². The SMILES string of the molecule is COCCCCCNc1nc2ccccn2c1C(=O)O. The van der Waals surface area contributed by atoms with E-state index in [0.29, 0.717) is 18.0 Å². The standard InChI is InChI=1S/C14H19N3O3/c1-20-10-6-2-4-8-15-13-12(14(18)19)17-9-5-3-7-11(17)16-13/h3,5,7,9,15H,2,4,6,8,10H2,1H3,(H,18,19). The Morgan fingerprint density at radius 3 is 3.00 bits per heavy atom. The van der Waals surface area contributed by atoms with E-state index in [1.165, 1.54) is 0 Å². The molecule has 6 heteroatoms. The number of imidazole rings is 1. The Morgan fingerprint density at radius 1 is 1.40 bits per heavy atom. The van der Waals surface area contributed by atoms with E-state index in [1.54, 1.807) is 29.8 Å². The Balaban J connectivity index is 2.02. The lowest BCUT2D eigenvalue weighted by molar-refractivity contribution is 0.0690. The lowest BCUT2D eigenvalue weighted by atomic mass is 10.2. The van der Waals surface area contributed by atoms with Crippen LogP contribution in [0.15, 0.2) is 24.4 Å². The number of hydrogen-bond acceptors (Lipinski definition) is 4. The number of anilines is 1. The van der Waals surface area contributed by atoms with Crippen LogP contribution in [0.3, 0.4) is 0 Å². The minimum absolute atomic E-state index is 0.178. The third-order valence-corrected chi connectivity index (χ3v) is 3.05. The molecule has 0 atom stereocenters. The summed E-state index contributed by atoms with van der Waals surface area (Å²) < 4.78 is 6.56. The third kappa shape index (κ3) is 3.27. The van der Waals surface area contributed by atoms with Gasteiger partial charge in [-0.1, -0.05) is 6.07 Å². The summed E-state index contributed by atoms with van der Waals surface area (Å²) in [6.07, 6.45) is 4.71. The molecule has 0 aromatic carbocycles. The number of nitrogens with one attached hydrogen (secondary N) is 1. The summed E-state index contributed by atoms with van der Waals surface area (Å²) in [5.41, 5.74) is 0.810. The Labute approximate surface area is 117 Å². The molecule has 108 valence electrons. The molecule has 0 aliphatic heterocycles. The fourth-order valence-electron chi connectivity index (χ4n) is 2.08. The number of methoxy groups -OCH3 is 1. The van der Waals surface area contributed by atoms with E-state index in [4.69, 9.17) is 4.74 Å². The molecular weight excluding hydrogens is 258 g/mol. The van der Waals surface area contributed by atoms with Crippen LogP contribution < -0.4 is 5.32 Å². The van der Waals surface area contributed by atoms with Gasteiger partial charge in [-0.3, -0.25) is 4.40 Å². The molecule has 2 N–H and O–H groups in total. The number of carboxylic acids is 1. The van der Waals surface area contributed by atoms with Gasteiger partial charge in [-0.2, -0.15) is 0 Å². The van der Waals surface area contributed by atoms with Gasteiger partial charge in [0.05, 0.1) is 0 Å². The first-order valence-electron chi connectivity index (χ1n) is 6.67. The van der Waals surface area contributed by atoms with Gasteiger partial charge in [-0.05, 0) is 31.4 Å². The van der Waals surface area contributed by atoms with Crippen LogP contribution in [0.4, 0.5) is 5.82 Å². The number of pyridine rings is 1. The summed E-state index contributed by atoms with van der Waals surface area (Å²) in [7, 11) is 1.69. The van der Waals surface area contributed by atoms with Gasteiger partial charge in [-0.25, -0.2) is 9.78 Å². The second kappa shape index (κ2) is 6.91. The molecule has 0 fully saturated rings. The third-order valence-electron chi connectivity index (χ3n) is 3.05. The lowest BCUT2D eigenvalue weighted by Crippen LogP contribution is -2.09. The van der Waals surface area contributed by atoms with E-state index in [9.17, 15) is 9.90 Å². The lowest BCUT2D eigenvalue weighted by Gasteiger charge is -2.04. The maximum atomic E-state index is 11.4. The first-order chi connectivity index (χ1) is 9.74. The van der Waals surface area contributed by atoms with Crippen LogP contribution in [0.2, 0.25) is 0 Å². The number of aromatic nitrogens is 2. The van der Waals surface area contributed by atoms with Crippen molar-refractivity contribution in [2.75, 3.05) is 25.6 Å². The molecule has 2 aromatic heterocycles. The highest BCUT2D eigenvalue weighted by molar-refractivity contribution is 5.92. The number of nitrogens with zero attached hydrogens (tertiary/aromatic N) is 2. The van der Waals surface area contributed by atoms with Crippen LogP contribution in [-0.4, -0.2) is 40.7 Å². The largest absolute Gasteiger partial charge is 0.476 e. The first kappa shape index (κ1) is 14.3. The monoisotopic (exact) mass is 277 g/mol. The Kier molecular flexibility index (Phi) is 4.95. The van der Waals surface area contributed by atoms with Gasteiger partial charge in [0, 0.05) is 26.5 Å². The zero-order chi connectivity index (χ0) is 14.4. The van der Waals surface area contributed by atoms with E-state index in [0.717, 1.165) is 25.9 Å². The average molecular weight is 277 g/mol. The van der Waals surface area contributed by atoms with Gasteiger partial charge in [0.1, 0.15) is 5.65 Å². The van der Waals surface area contributed by atoms with E-state index >= 15 is 0 Å². The molecule has 2 rings (SSSR count). The molecule has 0 bridgehead atoms. The smallest absolute Gasteiger partial charge is 0.356 e. The zero-order valence-electron chi connectivity index (χ0n) is 11.5. The van der Waals surface area contributed by atoms with Crippen molar-refractivity contribution in [1.82, 2.24) is 9.38 Å². The summed E-state index contributed by atoms with van der Waals surface area (Å²) >= 11 is 0. The summed E-state index contributed by atoms with van der Waals surface area (Å²) in [5, 5.41) is 12.4. The summed E-state index contributed by atoms with van der Waals surface area (Å²) in [5.74, 6) is -0.555. The second-order valence-corrected chi connectivity index (χ2v) is 4.52. The molecule has 2 heterocycles. The van der Waals surface area contributed by atoms with Crippen molar-refractivity contribution in [2.24, 2.45) is 0 Å². The average Bonchev–Trinajstić information content (AvgIpc) is 2.81. The molecule has 0 radical (unpaired) electrons. The van der Waals surface area contributed by atoms with Crippen LogP contribution >= 0.6 is 0 Å². The highest BCUT2D eigenvalue weighted by atomic mass is 16.5. The second-order valence-electron chi connectivity index (χ2n) is 4.52. The van der Waals surface area contributed by atoms with Crippen molar-refractivity contribution < 1.29 is 14.6 Å². The number of hydrogen-bond donors (Lipinski definition) is 2. The van der Waals surface area contributed by atoms with Crippen molar-refractivity contribution in [3.05, 3.63) is 30.1 Å². The van der Waals surface area contributed by atoms with E-state index in [2.05, 4.69) is 10.3 Å². The van der Waals surface area contributed by atoms with Crippen molar-refractivity contribution in [1.29, 1.82) is 0 Å². The van der Waals surface area contributed by atoms with Gasteiger partial charge < -0.3 is 15.2 Å². The first-order valence-corrected chi connectivity index (χ1v) is 6.67. The van der Waals surface area contributed by atoms with Crippen LogP contribution in [0.1, 0.15) is 29.8 Å².